The average molecular weight is 269 g/mol. The summed E-state index contributed by atoms with van der Waals surface area (Å²) in [6, 6.07) is 18.8. The molecule has 0 aromatic heterocycles. The maximum Gasteiger partial charge on any atom is 0.119 e. The first-order valence-corrected chi connectivity index (χ1v) is 7.23. The average Bonchev–Trinajstić information content (AvgIpc) is 2.48. The Labute approximate surface area is 121 Å². The molecule has 0 amide bonds. The fourth-order valence-electron chi connectivity index (χ4n) is 2.03. The molecule has 0 aliphatic heterocycles. The highest BCUT2D eigenvalue weighted by atomic mass is 16.5. The van der Waals surface area contributed by atoms with Crippen LogP contribution in [0.15, 0.2) is 54.6 Å². The van der Waals surface area contributed by atoms with Crippen LogP contribution in [0.4, 0.5) is 0 Å². The van der Waals surface area contributed by atoms with Crippen molar-refractivity contribution in [3.05, 3.63) is 65.7 Å². The van der Waals surface area contributed by atoms with E-state index in [1.54, 1.807) is 0 Å². The van der Waals surface area contributed by atoms with E-state index in [9.17, 15) is 0 Å². The molecule has 0 aliphatic rings. The Balaban J connectivity index is 1.69. The summed E-state index contributed by atoms with van der Waals surface area (Å²) in [4.78, 5) is 0. The Morgan fingerprint density at radius 2 is 1.80 bits per heavy atom. The fraction of sp³-hybridized carbons (Fsp3) is 0.333. The van der Waals surface area contributed by atoms with Crippen LogP contribution in [0.25, 0.3) is 0 Å². The van der Waals surface area contributed by atoms with E-state index < -0.39 is 0 Å². The smallest absolute Gasteiger partial charge is 0.119 e. The highest BCUT2D eigenvalue weighted by Gasteiger charge is 2.00. The first-order chi connectivity index (χ1) is 9.75. The summed E-state index contributed by atoms with van der Waals surface area (Å²) in [5.74, 6) is 1.49. The van der Waals surface area contributed by atoms with Gasteiger partial charge >= 0.3 is 0 Å². The first-order valence-electron chi connectivity index (χ1n) is 7.23. The van der Waals surface area contributed by atoms with Crippen molar-refractivity contribution < 1.29 is 4.74 Å². The predicted octanol–water partition coefficient (Wildman–Crippen LogP) is 3.98. The van der Waals surface area contributed by atoms with Gasteiger partial charge in [0.15, 0.2) is 0 Å². The highest BCUT2D eigenvalue weighted by molar-refractivity contribution is 5.30. The molecule has 2 rings (SSSR count). The van der Waals surface area contributed by atoms with E-state index in [1.807, 2.05) is 12.1 Å². The molecule has 0 atom stereocenters. The van der Waals surface area contributed by atoms with Crippen LogP contribution in [-0.2, 0) is 6.54 Å². The second kappa shape index (κ2) is 7.71. The quantitative estimate of drug-likeness (QED) is 0.768. The minimum atomic E-state index is 0.537. The van der Waals surface area contributed by atoms with Crippen molar-refractivity contribution >= 4 is 0 Å². The van der Waals surface area contributed by atoms with Crippen molar-refractivity contribution in [1.82, 2.24) is 5.32 Å². The number of hydrogen-bond acceptors (Lipinski definition) is 2. The minimum Gasteiger partial charge on any atom is -0.492 e. The lowest BCUT2D eigenvalue weighted by molar-refractivity contribution is 0.313. The molecule has 106 valence electrons. The van der Waals surface area contributed by atoms with Gasteiger partial charge in [-0.2, -0.15) is 0 Å². The Hall–Kier alpha value is -1.80. The van der Waals surface area contributed by atoms with E-state index in [2.05, 4.69) is 61.6 Å². The third-order valence-corrected chi connectivity index (χ3v) is 3.24. The number of rotatable bonds is 7. The molecular formula is C18H23NO. The molecule has 0 bridgehead atoms. The number of hydrogen-bond donors (Lipinski definition) is 1. The molecule has 20 heavy (non-hydrogen) atoms. The van der Waals surface area contributed by atoms with Crippen molar-refractivity contribution in [3.8, 4) is 5.75 Å². The lowest BCUT2D eigenvalue weighted by Gasteiger charge is -2.10. The predicted molar refractivity (Wildman–Crippen MR) is 84.2 cm³/mol. The molecule has 0 unspecified atom stereocenters. The molecule has 0 aliphatic carbocycles. The van der Waals surface area contributed by atoms with E-state index in [-0.39, 0.29) is 0 Å². The second-order valence-corrected chi connectivity index (χ2v) is 5.24. The molecule has 1 N–H and O–H groups in total. The summed E-state index contributed by atoms with van der Waals surface area (Å²) in [5, 5.41) is 3.38. The molecule has 0 saturated carbocycles. The first kappa shape index (κ1) is 14.6. The lowest BCUT2D eigenvalue weighted by atomic mass is 10.0. The van der Waals surface area contributed by atoms with Gasteiger partial charge in [0.05, 0.1) is 0 Å². The van der Waals surface area contributed by atoms with E-state index in [0.717, 1.165) is 18.8 Å². The molecule has 0 fully saturated rings. The van der Waals surface area contributed by atoms with Gasteiger partial charge in [0.1, 0.15) is 12.4 Å². The van der Waals surface area contributed by atoms with Gasteiger partial charge in [-0.15, -0.1) is 0 Å². The van der Waals surface area contributed by atoms with Crippen LogP contribution in [-0.4, -0.2) is 13.2 Å². The molecule has 2 aromatic rings. The summed E-state index contributed by atoms with van der Waals surface area (Å²) >= 11 is 0. The molecule has 0 spiro atoms. The zero-order valence-electron chi connectivity index (χ0n) is 12.3. The van der Waals surface area contributed by atoms with Gasteiger partial charge < -0.3 is 10.1 Å². The van der Waals surface area contributed by atoms with Gasteiger partial charge in [-0.05, 0) is 29.2 Å². The van der Waals surface area contributed by atoms with Crippen LogP contribution in [0.1, 0.15) is 30.9 Å². The van der Waals surface area contributed by atoms with Crippen molar-refractivity contribution in [2.45, 2.75) is 26.3 Å². The van der Waals surface area contributed by atoms with E-state index >= 15 is 0 Å². The van der Waals surface area contributed by atoms with E-state index in [4.69, 9.17) is 4.74 Å². The standard InChI is InChI=1S/C18H23NO/c1-15(2)17-9-6-10-18(13-17)20-12-11-19-14-16-7-4-3-5-8-16/h3-10,13,15,19H,11-12,14H2,1-2H3. The summed E-state index contributed by atoms with van der Waals surface area (Å²) in [6.07, 6.45) is 0. The Morgan fingerprint density at radius 1 is 1.00 bits per heavy atom. The van der Waals surface area contributed by atoms with Crippen LogP contribution in [0, 0.1) is 0 Å². The van der Waals surface area contributed by atoms with E-state index in [0.29, 0.717) is 12.5 Å². The SMILES string of the molecule is CC(C)c1cccc(OCCNCc2ccccc2)c1. The van der Waals surface area contributed by atoms with Crippen molar-refractivity contribution in [3.63, 3.8) is 0 Å². The van der Waals surface area contributed by atoms with Gasteiger partial charge in [0.25, 0.3) is 0 Å². The van der Waals surface area contributed by atoms with Crippen LogP contribution >= 0.6 is 0 Å². The van der Waals surface area contributed by atoms with Crippen molar-refractivity contribution in [2.24, 2.45) is 0 Å². The number of ether oxygens (including phenoxy) is 1. The maximum atomic E-state index is 5.77. The van der Waals surface area contributed by atoms with Gasteiger partial charge in [0.2, 0.25) is 0 Å². The maximum absolute atomic E-state index is 5.77. The van der Waals surface area contributed by atoms with Crippen LogP contribution in [0.5, 0.6) is 5.75 Å². The number of nitrogens with one attached hydrogen (secondary N) is 1. The van der Waals surface area contributed by atoms with Gasteiger partial charge in [-0.1, -0.05) is 56.3 Å². The summed E-state index contributed by atoms with van der Waals surface area (Å²) in [7, 11) is 0. The Kier molecular flexibility index (Phi) is 5.63. The summed E-state index contributed by atoms with van der Waals surface area (Å²) < 4.78 is 5.77. The minimum absolute atomic E-state index is 0.537. The van der Waals surface area contributed by atoms with Gasteiger partial charge in [-0.25, -0.2) is 0 Å². The summed E-state index contributed by atoms with van der Waals surface area (Å²) in [5.41, 5.74) is 2.62. The van der Waals surface area contributed by atoms with Crippen molar-refractivity contribution in [2.75, 3.05) is 13.2 Å². The molecule has 0 heterocycles. The Morgan fingerprint density at radius 3 is 2.55 bits per heavy atom. The zero-order valence-corrected chi connectivity index (χ0v) is 12.3. The number of benzene rings is 2. The molecule has 0 saturated heterocycles. The van der Waals surface area contributed by atoms with Gasteiger partial charge in [0, 0.05) is 13.1 Å². The van der Waals surface area contributed by atoms with Crippen LogP contribution in [0.3, 0.4) is 0 Å². The molecule has 2 aromatic carbocycles. The Bertz CT molecular complexity index is 508. The zero-order chi connectivity index (χ0) is 14.2. The summed E-state index contributed by atoms with van der Waals surface area (Å²) in [6.45, 7) is 6.81. The third-order valence-electron chi connectivity index (χ3n) is 3.24. The monoisotopic (exact) mass is 269 g/mol. The normalized spacial score (nSPS) is 10.8. The highest BCUT2D eigenvalue weighted by Crippen LogP contribution is 2.19. The molecule has 2 nitrogen and oxygen atoms in total. The molecule has 0 radical (unpaired) electrons. The van der Waals surface area contributed by atoms with Crippen LogP contribution < -0.4 is 10.1 Å². The largest absolute Gasteiger partial charge is 0.492 e. The second-order valence-electron chi connectivity index (χ2n) is 5.24. The topological polar surface area (TPSA) is 21.3 Å². The van der Waals surface area contributed by atoms with Crippen LogP contribution in [0.2, 0.25) is 0 Å². The van der Waals surface area contributed by atoms with Gasteiger partial charge in [-0.3, -0.25) is 0 Å². The fourth-order valence-corrected chi connectivity index (χ4v) is 2.03. The molecular weight excluding hydrogens is 246 g/mol. The lowest BCUT2D eigenvalue weighted by Crippen LogP contribution is -2.20. The molecule has 2 heteroatoms. The third kappa shape index (κ3) is 4.71. The van der Waals surface area contributed by atoms with E-state index in [1.165, 1.54) is 11.1 Å². The van der Waals surface area contributed by atoms with Crippen molar-refractivity contribution in [1.29, 1.82) is 0 Å².